The summed E-state index contributed by atoms with van der Waals surface area (Å²) < 4.78 is 0. The lowest BCUT2D eigenvalue weighted by Crippen LogP contribution is -2.01. The van der Waals surface area contributed by atoms with Crippen LogP contribution in [0.5, 0.6) is 0 Å². The topological polar surface area (TPSA) is 40.5 Å². The zero-order valence-electron chi connectivity index (χ0n) is 10.00. The maximum absolute atomic E-state index is 9.35. The van der Waals surface area contributed by atoms with E-state index in [1.807, 2.05) is 24.3 Å². The van der Waals surface area contributed by atoms with Crippen molar-refractivity contribution in [3.63, 3.8) is 0 Å². The van der Waals surface area contributed by atoms with Crippen molar-refractivity contribution in [2.24, 2.45) is 17.8 Å². The maximum Gasteiger partial charge on any atom is 0.0465 e. The third-order valence-corrected chi connectivity index (χ3v) is 3.92. The minimum Gasteiger partial charge on any atom is -0.396 e. The van der Waals surface area contributed by atoms with Crippen LogP contribution in [0.4, 0.5) is 0 Å². The largest absolute Gasteiger partial charge is 0.396 e. The van der Waals surface area contributed by atoms with Crippen LogP contribution in [-0.2, 0) is 0 Å². The van der Waals surface area contributed by atoms with Gasteiger partial charge in [0.15, 0.2) is 0 Å². The highest BCUT2D eigenvalue weighted by atomic mass is 16.3. The van der Waals surface area contributed by atoms with E-state index in [2.05, 4.69) is 18.7 Å². The molecule has 92 valence electrons. The Hall–Kier alpha value is -1.12. The minimum absolute atomic E-state index is 0.205. The van der Waals surface area contributed by atoms with E-state index >= 15 is 0 Å². The van der Waals surface area contributed by atoms with Crippen LogP contribution >= 0.6 is 0 Å². The summed E-state index contributed by atoms with van der Waals surface area (Å²) in [7, 11) is 0. The maximum atomic E-state index is 9.35. The van der Waals surface area contributed by atoms with Gasteiger partial charge in [0.25, 0.3) is 0 Å². The van der Waals surface area contributed by atoms with E-state index in [1.54, 1.807) is 0 Å². The van der Waals surface area contributed by atoms with Gasteiger partial charge in [-0.2, -0.15) is 0 Å². The molecule has 0 heterocycles. The third kappa shape index (κ3) is 2.43. The van der Waals surface area contributed by atoms with E-state index in [0.717, 1.165) is 6.42 Å². The molecule has 0 spiro atoms. The third-order valence-electron chi connectivity index (χ3n) is 3.92. The van der Waals surface area contributed by atoms with Gasteiger partial charge in [0.1, 0.15) is 0 Å². The molecule has 0 radical (unpaired) electrons. The molecule has 1 aliphatic rings. The van der Waals surface area contributed by atoms with Crippen LogP contribution in [0.15, 0.2) is 43.0 Å². The van der Waals surface area contributed by atoms with Gasteiger partial charge in [-0.1, -0.05) is 36.4 Å². The highest BCUT2D eigenvalue weighted by Gasteiger charge is 2.52. The second-order valence-corrected chi connectivity index (χ2v) is 4.77. The van der Waals surface area contributed by atoms with Gasteiger partial charge in [-0.15, -0.1) is 6.58 Å². The molecule has 2 rings (SSSR count). The average Bonchev–Trinajstić information content (AvgIpc) is 3.05. The molecule has 1 aromatic carbocycles. The second-order valence-electron chi connectivity index (χ2n) is 4.77. The van der Waals surface area contributed by atoms with Crippen LogP contribution in [0, 0.1) is 17.8 Å². The number of hydrogen-bond acceptors (Lipinski definition) is 2. The summed E-state index contributed by atoms with van der Waals surface area (Å²) in [5.41, 5.74) is 1.26. The summed E-state index contributed by atoms with van der Waals surface area (Å²) in [6.45, 7) is 4.34. The van der Waals surface area contributed by atoms with Crippen LogP contribution in [0.3, 0.4) is 0 Å². The molecule has 0 aromatic heterocycles. The summed E-state index contributed by atoms with van der Waals surface area (Å²) in [6, 6.07) is 10.3. The predicted molar refractivity (Wildman–Crippen MR) is 68.6 cm³/mol. The summed E-state index contributed by atoms with van der Waals surface area (Å²) in [6.07, 6.45) is 2.76. The molecule has 0 aliphatic heterocycles. The van der Waals surface area contributed by atoms with Crippen molar-refractivity contribution in [1.82, 2.24) is 0 Å². The SMILES string of the molecule is C=CC(c1ccccc1)[C@H]1C(CO)[C@@H]1CCO. The van der Waals surface area contributed by atoms with Gasteiger partial charge in [0.05, 0.1) is 0 Å². The van der Waals surface area contributed by atoms with E-state index in [1.165, 1.54) is 5.56 Å². The molecule has 2 nitrogen and oxygen atoms in total. The zero-order valence-corrected chi connectivity index (χ0v) is 10.00. The Kier molecular flexibility index (Phi) is 3.97. The van der Waals surface area contributed by atoms with Gasteiger partial charge in [-0.3, -0.25) is 0 Å². The Bertz CT molecular complexity index is 360. The van der Waals surface area contributed by atoms with Gasteiger partial charge in [-0.05, 0) is 29.7 Å². The highest BCUT2D eigenvalue weighted by molar-refractivity contribution is 5.27. The van der Waals surface area contributed by atoms with Crippen LogP contribution in [0.2, 0.25) is 0 Å². The van der Waals surface area contributed by atoms with E-state index in [4.69, 9.17) is 5.11 Å². The van der Waals surface area contributed by atoms with E-state index in [0.29, 0.717) is 23.7 Å². The van der Waals surface area contributed by atoms with Crippen LogP contribution in [0.1, 0.15) is 17.9 Å². The zero-order chi connectivity index (χ0) is 12.3. The molecule has 0 amide bonds. The Morgan fingerprint density at radius 3 is 2.41 bits per heavy atom. The molecule has 2 unspecified atom stereocenters. The molecule has 1 aromatic rings. The smallest absolute Gasteiger partial charge is 0.0465 e. The summed E-state index contributed by atoms with van der Waals surface area (Å²) in [5.74, 6) is 1.50. The van der Waals surface area contributed by atoms with Crippen LogP contribution in [-0.4, -0.2) is 23.4 Å². The number of aliphatic hydroxyl groups is 2. The molecule has 2 heteroatoms. The Labute approximate surface area is 103 Å². The first-order valence-electron chi connectivity index (χ1n) is 6.22. The van der Waals surface area contributed by atoms with Gasteiger partial charge < -0.3 is 10.2 Å². The number of aliphatic hydroxyl groups excluding tert-OH is 2. The number of allylic oxidation sites excluding steroid dienone is 1. The fraction of sp³-hybridized carbons (Fsp3) is 0.467. The van der Waals surface area contributed by atoms with Crippen molar-refractivity contribution in [2.45, 2.75) is 12.3 Å². The van der Waals surface area contributed by atoms with Crippen molar-refractivity contribution in [3.8, 4) is 0 Å². The molecular formula is C15H20O2. The molecule has 1 aliphatic carbocycles. The van der Waals surface area contributed by atoms with Gasteiger partial charge in [0.2, 0.25) is 0 Å². The number of hydrogen-bond donors (Lipinski definition) is 2. The first kappa shape index (κ1) is 12.3. The molecule has 17 heavy (non-hydrogen) atoms. The quantitative estimate of drug-likeness (QED) is 0.738. The van der Waals surface area contributed by atoms with Crippen molar-refractivity contribution >= 4 is 0 Å². The molecule has 0 bridgehead atoms. The molecule has 1 saturated carbocycles. The van der Waals surface area contributed by atoms with Gasteiger partial charge >= 0.3 is 0 Å². The molecule has 0 saturated heterocycles. The normalized spacial score (nSPS) is 28.7. The molecule has 4 atom stereocenters. The number of rotatable bonds is 6. The van der Waals surface area contributed by atoms with Crippen LogP contribution in [0.25, 0.3) is 0 Å². The van der Waals surface area contributed by atoms with Crippen molar-refractivity contribution < 1.29 is 10.2 Å². The highest BCUT2D eigenvalue weighted by Crippen LogP contribution is 2.56. The van der Waals surface area contributed by atoms with Gasteiger partial charge in [0, 0.05) is 19.1 Å². The van der Waals surface area contributed by atoms with Crippen molar-refractivity contribution in [2.75, 3.05) is 13.2 Å². The first-order chi connectivity index (χ1) is 8.33. The second kappa shape index (κ2) is 5.48. The van der Waals surface area contributed by atoms with Gasteiger partial charge in [-0.25, -0.2) is 0 Å². The fourth-order valence-electron chi connectivity index (χ4n) is 3.01. The fourth-order valence-corrected chi connectivity index (χ4v) is 3.01. The molecule has 2 N–H and O–H groups in total. The molecular weight excluding hydrogens is 212 g/mol. The summed E-state index contributed by atoms with van der Waals surface area (Å²) in [4.78, 5) is 0. The lowest BCUT2D eigenvalue weighted by atomic mass is 9.92. The average molecular weight is 232 g/mol. The monoisotopic (exact) mass is 232 g/mol. The van der Waals surface area contributed by atoms with E-state index in [-0.39, 0.29) is 13.2 Å². The summed E-state index contributed by atoms with van der Waals surface area (Å²) in [5, 5.41) is 18.4. The van der Waals surface area contributed by atoms with E-state index < -0.39 is 0 Å². The number of benzene rings is 1. The predicted octanol–water partition coefficient (Wildman–Crippen LogP) is 2.19. The van der Waals surface area contributed by atoms with E-state index in [9.17, 15) is 5.11 Å². The lowest BCUT2D eigenvalue weighted by Gasteiger charge is -2.13. The Morgan fingerprint density at radius 2 is 1.88 bits per heavy atom. The van der Waals surface area contributed by atoms with Crippen molar-refractivity contribution in [3.05, 3.63) is 48.6 Å². The standard InChI is InChI=1S/C15H20O2/c1-2-12(11-6-4-3-5-7-11)15-13(8-9-16)14(15)10-17/h2-7,12-17H,1,8-10H2/t12?,13-,14?,15+/m0/s1. The lowest BCUT2D eigenvalue weighted by molar-refractivity contribution is 0.247. The Balaban J connectivity index is 2.12. The first-order valence-corrected chi connectivity index (χ1v) is 6.22. The summed E-state index contributed by atoms with van der Waals surface area (Å²) >= 11 is 0. The van der Waals surface area contributed by atoms with Crippen LogP contribution < -0.4 is 0 Å². The molecule has 1 fully saturated rings. The Morgan fingerprint density at radius 1 is 1.18 bits per heavy atom. The minimum atomic E-state index is 0.205. The van der Waals surface area contributed by atoms with Crippen molar-refractivity contribution in [1.29, 1.82) is 0 Å².